The molecule has 0 aromatic heterocycles. The molecule has 3 nitrogen and oxygen atoms in total. The number of hydrogen-bond donors (Lipinski definition) is 2. The van der Waals surface area contributed by atoms with E-state index in [-0.39, 0.29) is 22.5 Å². The quantitative estimate of drug-likeness (QED) is 0.797. The fourth-order valence-electron chi connectivity index (χ4n) is 2.90. The van der Waals surface area contributed by atoms with E-state index in [0.29, 0.717) is 12.1 Å². The first-order valence-corrected chi connectivity index (χ1v) is 7.68. The number of hydrogen-bond acceptors (Lipinski definition) is 2. The number of phenolic OH excluding ortho intramolecular Hbond substituents is 1. The molecule has 0 aliphatic carbocycles. The number of carbonyl (C=O) groups is 1. The Balaban J connectivity index is 2.98. The molecule has 0 fully saturated rings. The minimum Gasteiger partial charge on any atom is -0.508 e. The minimum absolute atomic E-state index is 0.000930. The molecule has 1 rings (SSSR count). The van der Waals surface area contributed by atoms with Crippen LogP contribution in [0, 0.1) is 5.41 Å². The number of rotatable bonds is 5. The van der Waals surface area contributed by atoms with E-state index in [9.17, 15) is 9.90 Å². The van der Waals surface area contributed by atoms with E-state index < -0.39 is 0 Å². The lowest BCUT2D eigenvalue weighted by atomic mass is 9.72. The number of benzene rings is 1. The molecule has 0 aliphatic rings. The predicted molar refractivity (Wildman–Crippen MR) is 91.9 cm³/mol. The van der Waals surface area contributed by atoms with Gasteiger partial charge < -0.3 is 10.4 Å². The Morgan fingerprint density at radius 2 is 1.82 bits per heavy atom. The Hall–Kier alpha value is -1.77. The van der Waals surface area contributed by atoms with E-state index >= 15 is 0 Å². The summed E-state index contributed by atoms with van der Waals surface area (Å²) >= 11 is 0. The lowest BCUT2D eigenvalue weighted by Crippen LogP contribution is -2.26. The molecule has 22 heavy (non-hydrogen) atoms. The summed E-state index contributed by atoms with van der Waals surface area (Å²) in [4.78, 5) is 11.6. The van der Waals surface area contributed by atoms with Gasteiger partial charge in [-0.05, 0) is 41.9 Å². The molecule has 0 unspecified atom stereocenters. The van der Waals surface area contributed by atoms with Crippen molar-refractivity contribution in [1.29, 1.82) is 0 Å². The lowest BCUT2D eigenvalue weighted by molar-refractivity contribution is -0.117. The van der Waals surface area contributed by atoms with Crippen LogP contribution in [0.4, 0.5) is 0 Å². The van der Waals surface area contributed by atoms with Crippen LogP contribution in [0.25, 0.3) is 0 Å². The maximum Gasteiger partial charge on any atom is 0.246 e. The van der Waals surface area contributed by atoms with Crippen LogP contribution in [-0.4, -0.2) is 11.0 Å². The monoisotopic (exact) mass is 303 g/mol. The van der Waals surface area contributed by atoms with Crippen LogP contribution < -0.4 is 5.32 Å². The summed E-state index contributed by atoms with van der Waals surface area (Å²) < 4.78 is 0. The summed E-state index contributed by atoms with van der Waals surface area (Å²) in [5.41, 5.74) is 2.58. The molecule has 1 aromatic carbocycles. The normalized spacial score (nSPS) is 12.1. The molecule has 0 radical (unpaired) electrons. The van der Waals surface area contributed by atoms with Gasteiger partial charge in [0.2, 0.25) is 5.91 Å². The smallest absolute Gasteiger partial charge is 0.246 e. The standard InChI is InChI=1S/C19H29NO2/c1-13(2)17(22)20-11-14-10-15(8-9-16(14)21)19(6,7)12-18(3,4)5/h8-10,21H,1,11-12H2,2-7H3,(H,20,22). The highest BCUT2D eigenvalue weighted by Crippen LogP contribution is 2.37. The van der Waals surface area contributed by atoms with E-state index in [1.165, 1.54) is 5.56 Å². The molecule has 2 N–H and O–H groups in total. The highest BCUT2D eigenvalue weighted by atomic mass is 16.3. The highest BCUT2D eigenvalue weighted by Gasteiger charge is 2.27. The van der Waals surface area contributed by atoms with Gasteiger partial charge in [-0.2, -0.15) is 0 Å². The maximum atomic E-state index is 11.6. The third kappa shape index (κ3) is 5.21. The summed E-state index contributed by atoms with van der Waals surface area (Å²) in [5, 5.41) is 12.8. The molecular weight excluding hydrogens is 274 g/mol. The van der Waals surface area contributed by atoms with Crippen molar-refractivity contribution in [2.24, 2.45) is 5.41 Å². The summed E-state index contributed by atoms with van der Waals surface area (Å²) in [6.45, 7) is 16.7. The Morgan fingerprint density at radius 3 is 2.32 bits per heavy atom. The first-order valence-electron chi connectivity index (χ1n) is 7.68. The van der Waals surface area contributed by atoms with Gasteiger partial charge in [0, 0.05) is 17.7 Å². The van der Waals surface area contributed by atoms with Gasteiger partial charge in [0.15, 0.2) is 0 Å². The van der Waals surface area contributed by atoms with Crippen LogP contribution in [0.3, 0.4) is 0 Å². The molecule has 3 heteroatoms. The van der Waals surface area contributed by atoms with Crippen molar-refractivity contribution < 1.29 is 9.90 Å². The first kappa shape index (κ1) is 18.3. The van der Waals surface area contributed by atoms with E-state index in [0.717, 1.165) is 12.0 Å². The van der Waals surface area contributed by atoms with Crippen LogP contribution in [0.15, 0.2) is 30.4 Å². The fourth-order valence-corrected chi connectivity index (χ4v) is 2.90. The molecule has 0 saturated heterocycles. The minimum atomic E-state index is -0.196. The van der Waals surface area contributed by atoms with Crippen LogP contribution >= 0.6 is 0 Å². The summed E-state index contributed by atoms with van der Waals surface area (Å²) in [5.74, 6) is 0.0103. The summed E-state index contributed by atoms with van der Waals surface area (Å²) in [6.07, 6.45) is 1.03. The maximum absolute atomic E-state index is 11.6. The molecule has 1 amide bonds. The first-order chi connectivity index (χ1) is 9.92. The number of phenols is 1. The van der Waals surface area contributed by atoms with Gasteiger partial charge in [-0.25, -0.2) is 0 Å². The third-order valence-electron chi connectivity index (χ3n) is 3.66. The van der Waals surface area contributed by atoms with E-state index in [1.807, 2.05) is 12.1 Å². The molecule has 0 aliphatic heterocycles. The van der Waals surface area contributed by atoms with Crippen LogP contribution in [-0.2, 0) is 16.8 Å². The third-order valence-corrected chi connectivity index (χ3v) is 3.66. The van der Waals surface area contributed by atoms with E-state index in [1.54, 1.807) is 13.0 Å². The Kier molecular flexibility index (Phi) is 5.44. The van der Waals surface area contributed by atoms with Crippen molar-refractivity contribution in [2.75, 3.05) is 0 Å². The molecule has 1 aromatic rings. The van der Waals surface area contributed by atoms with Gasteiger partial charge in [0.25, 0.3) is 0 Å². The second-order valence-electron chi connectivity index (χ2n) is 7.93. The largest absolute Gasteiger partial charge is 0.508 e. The topological polar surface area (TPSA) is 49.3 Å². The average molecular weight is 303 g/mol. The second-order valence-corrected chi connectivity index (χ2v) is 7.93. The Labute approximate surface area is 134 Å². The molecule has 0 saturated carbocycles. The van der Waals surface area contributed by atoms with Gasteiger partial charge in [-0.15, -0.1) is 0 Å². The average Bonchev–Trinajstić information content (AvgIpc) is 2.34. The second kappa shape index (κ2) is 6.55. The van der Waals surface area contributed by atoms with Crippen molar-refractivity contribution in [1.82, 2.24) is 5.32 Å². The predicted octanol–water partition coefficient (Wildman–Crippen LogP) is 4.30. The molecule has 0 atom stereocenters. The number of amides is 1. The fraction of sp³-hybridized carbons (Fsp3) is 0.526. The molecular formula is C19H29NO2. The lowest BCUT2D eigenvalue weighted by Gasteiger charge is -2.33. The van der Waals surface area contributed by atoms with Gasteiger partial charge in [-0.3, -0.25) is 4.79 Å². The summed E-state index contributed by atoms with van der Waals surface area (Å²) in [6, 6.07) is 5.66. The number of carbonyl (C=O) groups excluding carboxylic acids is 1. The zero-order chi connectivity index (χ0) is 17.1. The molecule has 0 heterocycles. The molecule has 122 valence electrons. The Bertz CT molecular complexity index is 565. The van der Waals surface area contributed by atoms with E-state index in [2.05, 4.69) is 46.5 Å². The van der Waals surface area contributed by atoms with Gasteiger partial charge in [-0.1, -0.05) is 47.3 Å². The highest BCUT2D eigenvalue weighted by molar-refractivity contribution is 5.92. The van der Waals surface area contributed by atoms with Crippen LogP contribution in [0.2, 0.25) is 0 Å². The van der Waals surface area contributed by atoms with Crippen LogP contribution in [0.1, 0.15) is 59.1 Å². The molecule has 0 spiro atoms. The zero-order valence-electron chi connectivity index (χ0n) is 14.7. The van der Waals surface area contributed by atoms with Crippen molar-refractivity contribution in [3.8, 4) is 5.75 Å². The van der Waals surface area contributed by atoms with Gasteiger partial charge in [0.1, 0.15) is 5.75 Å². The van der Waals surface area contributed by atoms with Crippen molar-refractivity contribution in [3.63, 3.8) is 0 Å². The summed E-state index contributed by atoms with van der Waals surface area (Å²) in [7, 11) is 0. The van der Waals surface area contributed by atoms with Gasteiger partial charge >= 0.3 is 0 Å². The number of nitrogens with one attached hydrogen (secondary N) is 1. The Morgan fingerprint density at radius 1 is 1.23 bits per heavy atom. The van der Waals surface area contributed by atoms with Crippen molar-refractivity contribution >= 4 is 5.91 Å². The molecule has 0 bridgehead atoms. The SMILES string of the molecule is C=C(C)C(=O)NCc1cc(C(C)(C)CC(C)(C)C)ccc1O. The van der Waals surface area contributed by atoms with Crippen molar-refractivity contribution in [3.05, 3.63) is 41.5 Å². The zero-order valence-corrected chi connectivity index (χ0v) is 14.7. The van der Waals surface area contributed by atoms with Crippen LogP contribution in [0.5, 0.6) is 5.75 Å². The van der Waals surface area contributed by atoms with E-state index in [4.69, 9.17) is 0 Å². The van der Waals surface area contributed by atoms with Crippen molar-refractivity contribution in [2.45, 2.75) is 59.9 Å². The van der Waals surface area contributed by atoms with Gasteiger partial charge in [0.05, 0.1) is 0 Å². The number of aromatic hydroxyl groups is 1.